The van der Waals surface area contributed by atoms with Gasteiger partial charge < -0.3 is 5.11 Å². The number of hydrogen-bond acceptors (Lipinski definition) is 4. The Morgan fingerprint density at radius 2 is 1.52 bits per heavy atom. The molecule has 0 unspecified atom stereocenters. The van der Waals surface area contributed by atoms with Gasteiger partial charge in [0.15, 0.2) is 5.17 Å². The number of aliphatic imine (C=N–C) groups is 1. The topological polar surface area (TPSA) is 70.0 Å². The smallest absolute Gasteiger partial charge is 0.335 e. The maximum Gasteiger partial charge on any atom is 0.335 e. The van der Waals surface area contributed by atoms with Gasteiger partial charge in [0, 0.05) is 0 Å². The molecule has 0 bridgehead atoms. The third-order valence-electron chi connectivity index (χ3n) is 5.73. The zero-order valence-corrected chi connectivity index (χ0v) is 19.7. The Morgan fingerprint density at radius 3 is 2.12 bits per heavy atom. The monoisotopic (exact) mass is 456 g/mol. The van der Waals surface area contributed by atoms with Gasteiger partial charge in [0.05, 0.1) is 21.8 Å². The number of carboxylic acids is 1. The van der Waals surface area contributed by atoms with Crippen LogP contribution < -0.4 is 4.90 Å². The summed E-state index contributed by atoms with van der Waals surface area (Å²) in [6.45, 7) is 8.15. The van der Waals surface area contributed by atoms with Crippen LogP contribution in [-0.4, -0.2) is 22.2 Å². The van der Waals surface area contributed by atoms with Crippen molar-refractivity contribution >= 4 is 46.3 Å². The number of carboxylic acid groups (broad SMARTS) is 1. The van der Waals surface area contributed by atoms with Crippen LogP contribution in [0.15, 0.2) is 70.6 Å². The third kappa shape index (κ3) is 4.76. The lowest BCUT2D eigenvalue weighted by Crippen LogP contribution is -2.28. The van der Waals surface area contributed by atoms with E-state index in [0.717, 1.165) is 33.6 Å². The highest BCUT2D eigenvalue weighted by atomic mass is 32.2. The first-order valence-electron chi connectivity index (χ1n) is 10.5. The largest absolute Gasteiger partial charge is 0.478 e. The van der Waals surface area contributed by atoms with Gasteiger partial charge in [-0.1, -0.05) is 24.3 Å². The van der Waals surface area contributed by atoms with Crippen molar-refractivity contribution in [1.82, 2.24) is 0 Å². The molecule has 0 spiro atoms. The summed E-state index contributed by atoms with van der Waals surface area (Å²) in [5, 5.41) is 9.70. The average molecular weight is 457 g/mol. The van der Waals surface area contributed by atoms with Gasteiger partial charge in [0.2, 0.25) is 0 Å². The van der Waals surface area contributed by atoms with Gasteiger partial charge in [-0.25, -0.2) is 9.79 Å². The number of anilines is 1. The molecule has 1 aliphatic rings. The fourth-order valence-electron chi connectivity index (χ4n) is 3.42. The van der Waals surface area contributed by atoms with Crippen LogP contribution in [0.2, 0.25) is 0 Å². The molecule has 1 saturated heterocycles. The van der Waals surface area contributed by atoms with Crippen molar-refractivity contribution in [2.45, 2.75) is 27.7 Å². The summed E-state index contributed by atoms with van der Waals surface area (Å²) in [5.74, 6) is -1.14. The number of thioether (sulfide) groups is 1. The number of aryl methyl sites for hydroxylation is 4. The Labute approximate surface area is 197 Å². The Kier molecular flexibility index (Phi) is 6.20. The Hall–Kier alpha value is -3.64. The number of amidine groups is 1. The molecule has 1 aliphatic heterocycles. The quantitative estimate of drug-likeness (QED) is 0.460. The van der Waals surface area contributed by atoms with Crippen molar-refractivity contribution in [3.63, 3.8) is 0 Å². The molecule has 0 radical (unpaired) electrons. The van der Waals surface area contributed by atoms with Crippen LogP contribution in [0.5, 0.6) is 0 Å². The van der Waals surface area contributed by atoms with Crippen molar-refractivity contribution in [3.05, 3.63) is 98.9 Å². The van der Waals surface area contributed by atoms with Gasteiger partial charge >= 0.3 is 5.97 Å². The molecule has 3 aromatic rings. The molecule has 4 rings (SSSR count). The lowest BCUT2D eigenvalue weighted by Gasteiger charge is -2.17. The molecule has 1 N–H and O–H groups in total. The number of hydrogen-bond donors (Lipinski definition) is 1. The molecule has 0 atom stereocenters. The van der Waals surface area contributed by atoms with Crippen molar-refractivity contribution in [1.29, 1.82) is 0 Å². The number of amides is 1. The van der Waals surface area contributed by atoms with Crippen LogP contribution in [0.4, 0.5) is 11.4 Å². The second-order valence-electron chi connectivity index (χ2n) is 8.11. The number of aromatic carboxylic acids is 1. The van der Waals surface area contributed by atoms with Gasteiger partial charge in [-0.3, -0.25) is 9.69 Å². The number of benzene rings is 3. The molecular formula is C27H24N2O3S. The Bertz CT molecular complexity index is 1320. The first-order valence-corrected chi connectivity index (χ1v) is 11.3. The molecule has 33 heavy (non-hydrogen) atoms. The van der Waals surface area contributed by atoms with Crippen molar-refractivity contribution in [3.8, 4) is 0 Å². The molecule has 0 aliphatic carbocycles. The standard InChI is InChI=1S/C27H24N2O3S/c1-16-5-11-22(13-18(16)3)28-27-29(23-12-6-17(2)19(4)14-23)25(30)24(33-27)15-20-7-9-21(10-8-20)26(31)32/h5-15H,1-4H3,(H,31,32)/b24-15+,28-27?. The minimum absolute atomic E-state index is 0.159. The number of carbonyl (C=O) groups is 2. The van der Waals surface area contributed by atoms with Gasteiger partial charge in [-0.2, -0.15) is 0 Å². The van der Waals surface area contributed by atoms with Crippen LogP contribution in [0.3, 0.4) is 0 Å². The van der Waals surface area contributed by atoms with E-state index >= 15 is 0 Å². The number of rotatable bonds is 4. The van der Waals surface area contributed by atoms with E-state index in [2.05, 4.69) is 6.92 Å². The summed E-state index contributed by atoms with van der Waals surface area (Å²) in [5.41, 5.74) is 7.08. The minimum atomic E-state index is -0.982. The number of carbonyl (C=O) groups excluding carboxylic acids is 1. The van der Waals surface area contributed by atoms with Gasteiger partial charge in [0.1, 0.15) is 0 Å². The average Bonchev–Trinajstić information content (AvgIpc) is 3.07. The summed E-state index contributed by atoms with van der Waals surface area (Å²) >= 11 is 1.31. The molecule has 3 aromatic carbocycles. The zero-order valence-electron chi connectivity index (χ0n) is 18.9. The van der Waals surface area contributed by atoms with Crippen LogP contribution in [0, 0.1) is 27.7 Å². The predicted octanol–water partition coefficient (Wildman–Crippen LogP) is 6.43. The molecule has 1 heterocycles. The van der Waals surface area contributed by atoms with Gasteiger partial charge in [-0.15, -0.1) is 0 Å². The molecule has 0 saturated carbocycles. The SMILES string of the molecule is Cc1ccc(N=C2S/C(=C/c3ccc(C(=O)O)cc3)C(=O)N2c2ccc(C)c(C)c2)cc1C. The molecule has 0 aromatic heterocycles. The normalized spacial score (nSPS) is 16.1. The second-order valence-corrected chi connectivity index (χ2v) is 9.12. The lowest BCUT2D eigenvalue weighted by atomic mass is 10.1. The molecule has 1 amide bonds. The highest BCUT2D eigenvalue weighted by Crippen LogP contribution is 2.38. The van der Waals surface area contributed by atoms with E-state index in [1.54, 1.807) is 23.1 Å². The molecular weight excluding hydrogens is 432 g/mol. The maximum atomic E-state index is 13.5. The van der Waals surface area contributed by atoms with E-state index in [4.69, 9.17) is 10.1 Å². The highest BCUT2D eigenvalue weighted by Gasteiger charge is 2.35. The summed E-state index contributed by atoms with van der Waals surface area (Å²) in [7, 11) is 0. The van der Waals surface area contributed by atoms with E-state index in [-0.39, 0.29) is 11.5 Å². The van der Waals surface area contributed by atoms with Crippen molar-refractivity contribution in [2.75, 3.05) is 4.90 Å². The molecule has 166 valence electrons. The minimum Gasteiger partial charge on any atom is -0.478 e. The van der Waals surface area contributed by atoms with Crippen LogP contribution in [-0.2, 0) is 4.79 Å². The fraction of sp³-hybridized carbons (Fsp3) is 0.148. The first-order chi connectivity index (χ1) is 15.7. The van der Waals surface area contributed by atoms with Gasteiger partial charge in [0.25, 0.3) is 5.91 Å². The lowest BCUT2D eigenvalue weighted by molar-refractivity contribution is -0.113. The molecule has 6 heteroatoms. The Morgan fingerprint density at radius 1 is 0.879 bits per heavy atom. The van der Waals surface area contributed by atoms with Crippen LogP contribution >= 0.6 is 11.8 Å². The zero-order chi connectivity index (χ0) is 23.7. The highest BCUT2D eigenvalue weighted by molar-refractivity contribution is 8.19. The van der Waals surface area contributed by atoms with E-state index in [0.29, 0.717) is 10.1 Å². The summed E-state index contributed by atoms with van der Waals surface area (Å²) < 4.78 is 0. The maximum absolute atomic E-state index is 13.5. The van der Waals surface area contributed by atoms with Gasteiger partial charge in [-0.05, 0) is 110 Å². The van der Waals surface area contributed by atoms with Crippen LogP contribution in [0.25, 0.3) is 6.08 Å². The van der Waals surface area contributed by atoms with Crippen LogP contribution in [0.1, 0.15) is 38.2 Å². The Balaban J connectivity index is 1.77. The second kappa shape index (κ2) is 9.08. The van der Waals surface area contributed by atoms with E-state index in [1.165, 1.54) is 29.5 Å². The molecule has 1 fully saturated rings. The molecule has 5 nitrogen and oxygen atoms in total. The fourth-order valence-corrected chi connectivity index (χ4v) is 4.42. The summed E-state index contributed by atoms with van der Waals surface area (Å²) in [4.78, 5) is 31.6. The van der Waals surface area contributed by atoms with Crippen molar-refractivity contribution in [2.24, 2.45) is 4.99 Å². The van der Waals surface area contributed by atoms with Crippen molar-refractivity contribution < 1.29 is 14.7 Å². The number of nitrogens with zero attached hydrogens (tertiary/aromatic N) is 2. The van der Waals surface area contributed by atoms with E-state index in [1.807, 2.05) is 57.2 Å². The third-order valence-corrected chi connectivity index (χ3v) is 6.69. The first kappa shape index (κ1) is 22.6. The predicted molar refractivity (Wildman–Crippen MR) is 135 cm³/mol. The van der Waals surface area contributed by atoms with E-state index < -0.39 is 5.97 Å². The summed E-state index contributed by atoms with van der Waals surface area (Å²) in [6, 6.07) is 18.4. The summed E-state index contributed by atoms with van der Waals surface area (Å²) in [6.07, 6.45) is 1.77. The van der Waals surface area contributed by atoms with E-state index in [9.17, 15) is 9.59 Å².